The minimum Gasteiger partial charge on any atom is -0.445 e. The van der Waals surface area contributed by atoms with Gasteiger partial charge in [0.05, 0.1) is 5.94 Å². The molecule has 35 heavy (non-hydrogen) atoms. The molecule has 0 saturated heterocycles. The molecule has 3 amide bonds. The lowest BCUT2D eigenvalue weighted by atomic mass is 9.81. The number of hydrogen-bond donors (Lipinski definition) is 5. The SMILES string of the molecule is CC(C)C[C@H](NC(=O)[C@H](Cc1ccccc1)NC(=O)OCc1ccccc1)C(=O)N[C@@H](C)B(O)O. The van der Waals surface area contributed by atoms with Crippen LogP contribution in [0.1, 0.15) is 38.3 Å². The van der Waals surface area contributed by atoms with Crippen molar-refractivity contribution in [3.8, 4) is 0 Å². The first-order chi connectivity index (χ1) is 16.7. The number of amides is 3. The third-order valence-electron chi connectivity index (χ3n) is 5.26. The van der Waals surface area contributed by atoms with Gasteiger partial charge in [0.1, 0.15) is 18.7 Å². The predicted octanol–water partition coefficient (Wildman–Crippen LogP) is 1.57. The van der Waals surface area contributed by atoms with Crippen LogP contribution in [0.4, 0.5) is 4.79 Å². The molecular formula is C25H34BN3O6. The fourth-order valence-electron chi connectivity index (χ4n) is 3.34. The Morgan fingerprint density at radius 1 is 0.800 bits per heavy atom. The highest BCUT2D eigenvalue weighted by atomic mass is 16.5. The van der Waals surface area contributed by atoms with Crippen molar-refractivity contribution in [1.29, 1.82) is 0 Å². The summed E-state index contributed by atoms with van der Waals surface area (Å²) < 4.78 is 5.28. The van der Waals surface area contributed by atoms with E-state index in [-0.39, 0.29) is 18.9 Å². The quantitative estimate of drug-likeness (QED) is 0.291. The molecule has 5 N–H and O–H groups in total. The largest absolute Gasteiger partial charge is 0.475 e. The molecule has 0 fully saturated rings. The molecule has 0 unspecified atom stereocenters. The van der Waals surface area contributed by atoms with Crippen LogP contribution in [-0.4, -0.2) is 53.1 Å². The minimum absolute atomic E-state index is 0.0477. The lowest BCUT2D eigenvalue weighted by Gasteiger charge is -2.25. The van der Waals surface area contributed by atoms with Crippen LogP contribution in [0.2, 0.25) is 0 Å². The van der Waals surface area contributed by atoms with E-state index in [0.717, 1.165) is 11.1 Å². The van der Waals surface area contributed by atoms with Gasteiger partial charge in [-0.15, -0.1) is 0 Å². The van der Waals surface area contributed by atoms with Crippen molar-refractivity contribution < 1.29 is 29.2 Å². The summed E-state index contributed by atoms with van der Waals surface area (Å²) in [5.41, 5.74) is 1.62. The molecule has 0 aliphatic carbocycles. The third-order valence-corrected chi connectivity index (χ3v) is 5.26. The molecule has 0 heterocycles. The fourth-order valence-corrected chi connectivity index (χ4v) is 3.34. The Bertz CT molecular complexity index is 943. The van der Waals surface area contributed by atoms with Crippen molar-refractivity contribution in [1.82, 2.24) is 16.0 Å². The number of alkyl carbamates (subject to hydrolysis) is 1. The molecule has 2 rings (SSSR count). The van der Waals surface area contributed by atoms with Crippen LogP contribution in [0.15, 0.2) is 60.7 Å². The van der Waals surface area contributed by atoms with Gasteiger partial charge in [0, 0.05) is 6.42 Å². The molecule has 188 valence electrons. The molecule has 0 bridgehead atoms. The molecule has 3 atom stereocenters. The van der Waals surface area contributed by atoms with E-state index in [0.29, 0.717) is 6.42 Å². The number of ether oxygens (including phenoxy) is 1. The molecule has 0 saturated carbocycles. The van der Waals surface area contributed by atoms with Crippen molar-refractivity contribution in [3.63, 3.8) is 0 Å². The zero-order valence-electron chi connectivity index (χ0n) is 20.3. The Balaban J connectivity index is 2.12. The number of hydrogen-bond acceptors (Lipinski definition) is 6. The molecule has 2 aromatic carbocycles. The second-order valence-electron chi connectivity index (χ2n) is 8.85. The van der Waals surface area contributed by atoms with E-state index in [2.05, 4.69) is 16.0 Å². The van der Waals surface area contributed by atoms with E-state index in [1.165, 1.54) is 6.92 Å². The summed E-state index contributed by atoms with van der Waals surface area (Å²) in [4.78, 5) is 38.4. The second-order valence-corrected chi connectivity index (χ2v) is 8.85. The summed E-state index contributed by atoms with van der Waals surface area (Å²) in [6.07, 6.45) is -0.246. The molecule has 2 aromatic rings. The first-order valence-electron chi connectivity index (χ1n) is 11.6. The van der Waals surface area contributed by atoms with Crippen LogP contribution >= 0.6 is 0 Å². The van der Waals surface area contributed by atoms with Gasteiger partial charge in [-0.2, -0.15) is 0 Å². The van der Waals surface area contributed by atoms with Gasteiger partial charge in [0.15, 0.2) is 0 Å². The predicted molar refractivity (Wildman–Crippen MR) is 133 cm³/mol. The Kier molecular flexibility index (Phi) is 11.3. The topological polar surface area (TPSA) is 137 Å². The van der Waals surface area contributed by atoms with Crippen molar-refractivity contribution >= 4 is 25.0 Å². The maximum absolute atomic E-state index is 13.2. The van der Waals surface area contributed by atoms with Gasteiger partial charge in [0.2, 0.25) is 11.8 Å². The van der Waals surface area contributed by atoms with Crippen LogP contribution in [0.25, 0.3) is 0 Å². The van der Waals surface area contributed by atoms with Crippen molar-refractivity contribution in [3.05, 3.63) is 71.8 Å². The van der Waals surface area contributed by atoms with E-state index in [1.807, 2.05) is 74.5 Å². The first-order valence-corrected chi connectivity index (χ1v) is 11.6. The second kappa shape index (κ2) is 14.1. The average Bonchev–Trinajstić information content (AvgIpc) is 2.82. The Morgan fingerprint density at radius 3 is 1.89 bits per heavy atom. The third kappa shape index (κ3) is 10.2. The van der Waals surface area contributed by atoms with E-state index in [9.17, 15) is 24.4 Å². The number of benzene rings is 2. The number of carbonyl (C=O) groups is 3. The number of carbonyl (C=O) groups excluding carboxylic acids is 3. The molecule has 0 aliphatic rings. The van der Waals surface area contributed by atoms with Gasteiger partial charge < -0.3 is 30.7 Å². The standard InChI is InChI=1S/C25H34BN3O6/c1-17(2)14-21(23(30)27-18(3)26(33)34)28-24(31)22(15-19-10-6-4-7-11-19)29-25(32)35-16-20-12-8-5-9-13-20/h4-13,17-18,21-22,33-34H,14-16H2,1-3H3,(H,27,30)(H,28,31)(H,29,32)/t18-,21-,22-/m0/s1. The molecular weight excluding hydrogens is 449 g/mol. The summed E-state index contributed by atoms with van der Waals surface area (Å²) in [6.45, 7) is 5.29. The van der Waals surface area contributed by atoms with Crippen LogP contribution < -0.4 is 16.0 Å². The summed E-state index contributed by atoms with van der Waals surface area (Å²) in [5.74, 6) is -1.95. The molecule has 10 heteroatoms. The molecule has 0 radical (unpaired) electrons. The van der Waals surface area contributed by atoms with E-state index >= 15 is 0 Å². The summed E-state index contributed by atoms with van der Waals surface area (Å²) in [7, 11) is -1.73. The van der Waals surface area contributed by atoms with E-state index in [4.69, 9.17) is 4.74 Å². The van der Waals surface area contributed by atoms with Gasteiger partial charge >= 0.3 is 13.2 Å². The average molecular weight is 483 g/mol. The smallest absolute Gasteiger partial charge is 0.445 e. The van der Waals surface area contributed by atoms with Gasteiger partial charge in [-0.1, -0.05) is 74.5 Å². The minimum atomic E-state index is -1.73. The van der Waals surface area contributed by atoms with E-state index < -0.39 is 43.1 Å². The monoisotopic (exact) mass is 483 g/mol. The normalized spacial score (nSPS) is 13.3. The molecule has 0 aromatic heterocycles. The van der Waals surface area contributed by atoms with E-state index in [1.54, 1.807) is 0 Å². The number of nitrogens with one attached hydrogen (secondary N) is 3. The fraction of sp³-hybridized carbons (Fsp3) is 0.400. The van der Waals surface area contributed by atoms with Crippen molar-refractivity contribution in [2.45, 2.75) is 58.2 Å². The summed E-state index contributed by atoms with van der Waals surface area (Å²) >= 11 is 0. The zero-order chi connectivity index (χ0) is 25.8. The zero-order valence-corrected chi connectivity index (χ0v) is 20.3. The highest BCUT2D eigenvalue weighted by molar-refractivity contribution is 6.43. The maximum atomic E-state index is 13.2. The van der Waals surface area contributed by atoms with Gasteiger partial charge in [-0.25, -0.2) is 4.79 Å². The van der Waals surface area contributed by atoms with Crippen LogP contribution in [-0.2, 0) is 27.4 Å². The summed E-state index contributed by atoms with van der Waals surface area (Å²) in [6, 6.07) is 16.4. The lowest BCUT2D eigenvalue weighted by molar-refractivity contribution is -0.130. The van der Waals surface area contributed by atoms with Crippen LogP contribution in [0.5, 0.6) is 0 Å². The first kappa shape index (κ1) is 27.9. The Morgan fingerprint density at radius 2 is 1.34 bits per heavy atom. The van der Waals surface area contributed by atoms with Gasteiger partial charge in [-0.05, 0) is 30.4 Å². The Labute approximate surface area is 206 Å². The number of rotatable bonds is 12. The Hall–Kier alpha value is -3.37. The van der Waals surface area contributed by atoms with Crippen LogP contribution in [0.3, 0.4) is 0 Å². The van der Waals surface area contributed by atoms with Crippen LogP contribution in [0, 0.1) is 5.92 Å². The van der Waals surface area contributed by atoms with Crippen molar-refractivity contribution in [2.24, 2.45) is 5.92 Å². The van der Waals surface area contributed by atoms with Gasteiger partial charge in [-0.3, -0.25) is 9.59 Å². The lowest BCUT2D eigenvalue weighted by Crippen LogP contribution is -2.57. The molecule has 0 aliphatic heterocycles. The maximum Gasteiger partial charge on any atom is 0.475 e. The highest BCUT2D eigenvalue weighted by Gasteiger charge is 2.30. The molecule has 9 nitrogen and oxygen atoms in total. The molecule has 0 spiro atoms. The van der Waals surface area contributed by atoms with Gasteiger partial charge in [0.25, 0.3) is 0 Å². The highest BCUT2D eigenvalue weighted by Crippen LogP contribution is 2.09. The van der Waals surface area contributed by atoms with Crippen molar-refractivity contribution in [2.75, 3.05) is 0 Å². The summed E-state index contributed by atoms with van der Waals surface area (Å²) in [5, 5.41) is 26.4.